The number of aryl methyl sites for hydroxylation is 1. The third-order valence-corrected chi connectivity index (χ3v) is 2.37. The van der Waals surface area contributed by atoms with Crippen molar-refractivity contribution < 1.29 is 4.74 Å². The van der Waals surface area contributed by atoms with E-state index < -0.39 is 0 Å². The van der Waals surface area contributed by atoms with Gasteiger partial charge in [0.25, 0.3) is 0 Å². The van der Waals surface area contributed by atoms with Crippen LogP contribution in [0, 0.1) is 0 Å². The van der Waals surface area contributed by atoms with Crippen LogP contribution >= 0.6 is 0 Å². The molecule has 0 amide bonds. The van der Waals surface area contributed by atoms with E-state index in [2.05, 4.69) is 27.6 Å². The number of ether oxygens (including phenoxy) is 1. The minimum absolute atomic E-state index is 0.196. The maximum atomic E-state index is 5.41. The van der Waals surface area contributed by atoms with Gasteiger partial charge in [-0.15, -0.1) is 0 Å². The fraction of sp³-hybridized carbons (Fsp3) is 0.667. The van der Waals surface area contributed by atoms with Crippen LogP contribution in [-0.4, -0.2) is 29.2 Å². The first kappa shape index (κ1) is 14.7. The van der Waals surface area contributed by atoms with Gasteiger partial charge in [0.05, 0.1) is 12.1 Å². The van der Waals surface area contributed by atoms with Crippen molar-refractivity contribution >= 4 is 11.6 Å². The Morgan fingerprint density at radius 3 is 2.56 bits per heavy atom. The molecule has 4 N–H and O–H groups in total. The topological polar surface area (TPSA) is 85.1 Å². The van der Waals surface area contributed by atoms with Gasteiger partial charge in [0.2, 0.25) is 0 Å². The molecule has 18 heavy (non-hydrogen) atoms. The first-order chi connectivity index (χ1) is 8.50. The minimum atomic E-state index is -0.196. The summed E-state index contributed by atoms with van der Waals surface area (Å²) in [5.41, 5.74) is 2.37. The molecule has 0 spiro atoms. The lowest BCUT2D eigenvalue weighted by molar-refractivity contribution is 0.158. The Morgan fingerprint density at radius 1 is 1.33 bits per heavy atom. The summed E-state index contributed by atoms with van der Waals surface area (Å²) in [6, 6.07) is 1.79. The monoisotopic (exact) mass is 253 g/mol. The van der Waals surface area contributed by atoms with E-state index in [4.69, 9.17) is 10.6 Å². The SMILES string of the molecule is CCCc1nc(NN)cc(NC(C)(C)COC)n1. The zero-order chi connectivity index (χ0) is 13.6. The lowest BCUT2D eigenvalue weighted by Gasteiger charge is -2.26. The molecule has 102 valence electrons. The van der Waals surface area contributed by atoms with Crippen molar-refractivity contribution in [1.29, 1.82) is 0 Å². The van der Waals surface area contributed by atoms with E-state index in [0.29, 0.717) is 12.4 Å². The van der Waals surface area contributed by atoms with Crippen LogP contribution in [0.4, 0.5) is 11.6 Å². The Labute approximate surface area is 108 Å². The second-order valence-corrected chi connectivity index (χ2v) is 4.89. The zero-order valence-corrected chi connectivity index (χ0v) is 11.6. The van der Waals surface area contributed by atoms with Gasteiger partial charge in [-0.3, -0.25) is 0 Å². The zero-order valence-electron chi connectivity index (χ0n) is 11.6. The molecule has 0 saturated heterocycles. The molecule has 1 aromatic rings. The van der Waals surface area contributed by atoms with Crippen LogP contribution in [-0.2, 0) is 11.2 Å². The molecule has 0 atom stereocenters. The third kappa shape index (κ3) is 4.46. The highest BCUT2D eigenvalue weighted by molar-refractivity contribution is 5.48. The van der Waals surface area contributed by atoms with Crippen LogP contribution in [0.5, 0.6) is 0 Å². The molecule has 0 radical (unpaired) electrons. The van der Waals surface area contributed by atoms with Gasteiger partial charge < -0.3 is 15.5 Å². The number of hydrogen-bond acceptors (Lipinski definition) is 6. The Bertz CT molecular complexity index is 381. The maximum absolute atomic E-state index is 5.41. The molecular weight excluding hydrogens is 230 g/mol. The largest absolute Gasteiger partial charge is 0.382 e. The van der Waals surface area contributed by atoms with E-state index in [9.17, 15) is 0 Å². The Hall–Kier alpha value is -1.40. The predicted molar refractivity (Wildman–Crippen MR) is 73.4 cm³/mol. The number of methoxy groups -OCH3 is 1. The summed E-state index contributed by atoms with van der Waals surface area (Å²) in [6.45, 7) is 6.78. The second kappa shape index (κ2) is 6.51. The molecule has 0 unspecified atom stereocenters. The van der Waals surface area contributed by atoms with E-state index in [1.807, 2.05) is 13.8 Å². The van der Waals surface area contributed by atoms with Crippen molar-refractivity contribution in [2.45, 2.75) is 39.2 Å². The average molecular weight is 253 g/mol. The van der Waals surface area contributed by atoms with Crippen molar-refractivity contribution in [2.24, 2.45) is 5.84 Å². The number of anilines is 2. The standard InChI is InChI=1S/C12H23N5O/c1-5-6-9-14-10(7-11(15-9)17-13)16-12(2,3)8-18-4/h7H,5-6,8,13H2,1-4H3,(H2,14,15,16,17). The van der Waals surface area contributed by atoms with Crippen LogP contribution in [0.3, 0.4) is 0 Å². The first-order valence-corrected chi connectivity index (χ1v) is 6.12. The number of nitrogen functional groups attached to an aromatic ring is 1. The van der Waals surface area contributed by atoms with Gasteiger partial charge in [-0.05, 0) is 20.3 Å². The number of rotatable bonds is 7. The Morgan fingerprint density at radius 2 is 2.00 bits per heavy atom. The minimum Gasteiger partial charge on any atom is -0.382 e. The number of aromatic nitrogens is 2. The van der Waals surface area contributed by atoms with Gasteiger partial charge in [0, 0.05) is 19.6 Å². The van der Waals surface area contributed by atoms with Crippen LogP contribution in [0.25, 0.3) is 0 Å². The summed E-state index contributed by atoms with van der Waals surface area (Å²) in [5, 5.41) is 3.32. The van der Waals surface area contributed by atoms with Gasteiger partial charge in [0.15, 0.2) is 0 Å². The lowest BCUT2D eigenvalue weighted by Crippen LogP contribution is -2.36. The fourth-order valence-electron chi connectivity index (χ4n) is 1.71. The molecule has 1 heterocycles. The highest BCUT2D eigenvalue weighted by atomic mass is 16.5. The summed E-state index contributed by atoms with van der Waals surface area (Å²) >= 11 is 0. The molecule has 0 bridgehead atoms. The van der Waals surface area contributed by atoms with Crippen LogP contribution < -0.4 is 16.6 Å². The first-order valence-electron chi connectivity index (χ1n) is 6.12. The fourth-order valence-corrected chi connectivity index (χ4v) is 1.71. The smallest absolute Gasteiger partial charge is 0.145 e. The molecule has 0 aliphatic rings. The van der Waals surface area contributed by atoms with Crippen molar-refractivity contribution in [3.8, 4) is 0 Å². The van der Waals surface area contributed by atoms with Crippen LogP contribution in [0.15, 0.2) is 6.07 Å². The summed E-state index contributed by atoms with van der Waals surface area (Å²) in [4.78, 5) is 8.76. The molecule has 0 aromatic carbocycles. The molecule has 0 fully saturated rings. The van der Waals surface area contributed by atoms with Crippen LogP contribution in [0.1, 0.15) is 33.0 Å². The molecule has 0 saturated carbocycles. The number of nitrogens with two attached hydrogens (primary N) is 1. The van der Waals surface area contributed by atoms with Crippen molar-refractivity contribution in [3.63, 3.8) is 0 Å². The van der Waals surface area contributed by atoms with E-state index >= 15 is 0 Å². The van der Waals surface area contributed by atoms with Crippen molar-refractivity contribution in [1.82, 2.24) is 9.97 Å². The number of hydrogen-bond donors (Lipinski definition) is 3. The summed E-state index contributed by atoms with van der Waals surface area (Å²) in [5.74, 6) is 7.56. The van der Waals surface area contributed by atoms with Crippen molar-refractivity contribution in [2.75, 3.05) is 24.5 Å². The average Bonchev–Trinajstić information content (AvgIpc) is 2.28. The summed E-state index contributed by atoms with van der Waals surface area (Å²) in [7, 11) is 1.68. The molecule has 6 nitrogen and oxygen atoms in total. The third-order valence-electron chi connectivity index (χ3n) is 2.37. The normalized spacial score (nSPS) is 11.4. The number of hydrazine groups is 1. The molecule has 1 rings (SSSR count). The van der Waals surface area contributed by atoms with E-state index in [1.165, 1.54) is 0 Å². The molecular formula is C12H23N5O. The predicted octanol–water partition coefficient (Wildman–Crippen LogP) is 1.55. The van der Waals surface area contributed by atoms with E-state index in [0.717, 1.165) is 24.5 Å². The van der Waals surface area contributed by atoms with Gasteiger partial charge in [0.1, 0.15) is 17.5 Å². The Balaban J connectivity index is 2.90. The highest BCUT2D eigenvalue weighted by Gasteiger charge is 2.18. The highest BCUT2D eigenvalue weighted by Crippen LogP contribution is 2.16. The van der Waals surface area contributed by atoms with Gasteiger partial charge in [-0.2, -0.15) is 0 Å². The van der Waals surface area contributed by atoms with E-state index in [-0.39, 0.29) is 5.54 Å². The van der Waals surface area contributed by atoms with Gasteiger partial charge in [-0.25, -0.2) is 15.8 Å². The van der Waals surface area contributed by atoms with Crippen LogP contribution in [0.2, 0.25) is 0 Å². The number of nitrogens with zero attached hydrogens (tertiary/aromatic N) is 2. The molecule has 0 aliphatic carbocycles. The molecule has 1 aromatic heterocycles. The van der Waals surface area contributed by atoms with Crippen molar-refractivity contribution in [3.05, 3.63) is 11.9 Å². The second-order valence-electron chi connectivity index (χ2n) is 4.89. The van der Waals surface area contributed by atoms with Gasteiger partial charge >= 0.3 is 0 Å². The Kier molecular flexibility index (Phi) is 5.30. The summed E-state index contributed by atoms with van der Waals surface area (Å²) in [6.07, 6.45) is 1.82. The van der Waals surface area contributed by atoms with Gasteiger partial charge in [-0.1, -0.05) is 6.92 Å². The molecule has 0 aliphatic heterocycles. The van der Waals surface area contributed by atoms with E-state index in [1.54, 1.807) is 13.2 Å². The quantitative estimate of drug-likeness (QED) is 0.505. The summed E-state index contributed by atoms with van der Waals surface area (Å²) < 4.78 is 5.17. The lowest BCUT2D eigenvalue weighted by atomic mass is 10.1. The number of nitrogens with one attached hydrogen (secondary N) is 2. The maximum Gasteiger partial charge on any atom is 0.145 e. The molecule has 6 heteroatoms.